The van der Waals surface area contributed by atoms with Gasteiger partial charge in [0.05, 0.1) is 33.2 Å². The third-order valence-corrected chi connectivity index (χ3v) is 4.98. The van der Waals surface area contributed by atoms with Gasteiger partial charge in [-0.15, -0.1) is 0 Å². The zero-order chi connectivity index (χ0) is 20.5. The van der Waals surface area contributed by atoms with E-state index in [1.807, 2.05) is 50.1 Å². The van der Waals surface area contributed by atoms with E-state index in [-0.39, 0.29) is 17.9 Å². The summed E-state index contributed by atoms with van der Waals surface area (Å²) in [5, 5.41) is 3.56. The molecule has 1 aromatic carbocycles. The Morgan fingerprint density at radius 1 is 1.21 bits per heavy atom. The van der Waals surface area contributed by atoms with E-state index >= 15 is 0 Å². The fourth-order valence-electron chi connectivity index (χ4n) is 3.25. The molecule has 1 heterocycles. The van der Waals surface area contributed by atoms with Crippen molar-refractivity contribution in [3.05, 3.63) is 29.3 Å². The lowest BCUT2D eigenvalue weighted by atomic mass is 10.3. The molecule has 0 spiro atoms. The van der Waals surface area contributed by atoms with E-state index in [0.29, 0.717) is 24.7 Å². The van der Waals surface area contributed by atoms with Crippen molar-refractivity contribution in [1.82, 2.24) is 10.2 Å². The minimum absolute atomic E-state index is 0.0183. The van der Waals surface area contributed by atoms with Crippen LogP contribution in [0.15, 0.2) is 24.3 Å². The number of halogens is 1. The van der Waals surface area contributed by atoms with Gasteiger partial charge in [0.25, 0.3) is 11.8 Å². The number of nitrogens with zero attached hydrogens (tertiary/aromatic N) is 1. The van der Waals surface area contributed by atoms with Gasteiger partial charge in [0.1, 0.15) is 18.9 Å². The van der Waals surface area contributed by atoms with Gasteiger partial charge in [-0.3, -0.25) is 9.59 Å². The van der Waals surface area contributed by atoms with Crippen molar-refractivity contribution in [3.63, 3.8) is 0 Å². The van der Waals surface area contributed by atoms with E-state index in [1.165, 1.54) is 4.90 Å². The quantitative estimate of drug-likeness (QED) is 0.462. The molecule has 0 saturated carbocycles. The van der Waals surface area contributed by atoms with Crippen molar-refractivity contribution in [3.8, 4) is 5.75 Å². The molecule has 156 valence electrons. The Balaban J connectivity index is 1.63. The van der Waals surface area contributed by atoms with Crippen molar-refractivity contribution in [2.24, 2.45) is 0 Å². The molecule has 0 radical (unpaired) electrons. The van der Waals surface area contributed by atoms with E-state index in [2.05, 4.69) is 5.32 Å². The second-order valence-corrected chi connectivity index (χ2v) is 8.15. The second-order valence-electron chi connectivity index (χ2n) is 7.72. The average Bonchev–Trinajstić information content (AvgIpc) is 2.63. The van der Waals surface area contributed by atoms with Crippen LogP contribution in [0.3, 0.4) is 0 Å². The molecule has 2 rings (SSSR count). The first kappa shape index (κ1) is 22.5. The highest BCUT2D eigenvalue weighted by atomic mass is 35.5. The summed E-state index contributed by atoms with van der Waals surface area (Å²) in [5.41, 5.74) is 0. The summed E-state index contributed by atoms with van der Waals surface area (Å²) in [4.78, 5) is 28.5. The van der Waals surface area contributed by atoms with Crippen LogP contribution in [0.25, 0.3) is 0 Å². The summed E-state index contributed by atoms with van der Waals surface area (Å²) in [6.07, 6.45) is 0. The number of benzene rings is 1. The van der Waals surface area contributed by atoms with Gasteiger partial charge >= 0.3 is 0 Å². The molecule has 1 aliphatic rings. The number of amides is 2. The summed E-state index contributed by atoms with van der Waals surface area (Å²) >= 11 is 5.87. The van der Waals surface area contributed by atoms with Crippen molar-refractivity contribution < 1.29 is 24.1 Å². The van der Waals surface area contributed by atoms with E-state index in [1.54, 1.807) is 0 Å². The van der Waals surface area contributed by atoms with Crippen LogP contribution in [0, 0.1) is 0 Å². The molecule has 0 aromatic heterocycles. The van der Waals surface area contributed by atoms with Gasteiger partial charge in [-0.25, -0.2) is 0 Å². The molecule has 3 N–H and O–H groups in total. The number of piperazine rings is 1. The highest BCUT2D eigenvalue weighted by molar-refractivity contribution is 6.30. The maximum absolute atomic E-state index is 12.5. The Morgan fingerprint density at radius 3 is 2.46 bits per heavy atom. The molecule has 7 nitrogen and oxygen atoms in total. The van der Waals surface area contributed by atoms with E-state index in [9.17, 15) is 9.59 Å². The van der Waals surface area contributed by atoms with Gasteiger partial charge in [-0.05, 0) is 38.1 Å². The Kier molecular flexibility index (Phi) is 9.02. The lowest BCUT2D eigenvalue weighted by Gasteiger charge is -2.32. The van der Waals surface area contributed by atoms with Crippen LogP contribution in [0.5, 0.6) is 5.75 Å². The predicted molar refractivity (Wildman–Crippen MR) is 109 cm³/mol. The first-order chi connectivity index (χ1) is 13.3. The average molecular weight is 413 g/mol. The van der Waals surface area contributed by atoms with Gasteiger partial charge in [0.2, 0.25) is 0 Å². The van der Waals surface area contributed by atoms with E-state index in [4.69, 9.17) is 16.3 Å². The molecule has 28 heavy (non-hydrogen) atoms. The smallest absolute Gasteiger partial charge is 0.278 e. The lowest BCUT2D eigenvalue weighted by Crippen LogP contribution is -3.15. The van der Waals surface area contributed by atoms with Crippen LogP contribution in [-0.4, -0.2) is 82.2 Å². The van der Waals surface area contributed by atoms with E-state index < -0.39 is 0 Å². The van der Waals surface area contributed by atoms with Crippen LogP contribution >= 0.6 is 11.6 Å². The first-order valence-corrected chi connectivity index (χ1v) is 10.3. The summed E-state index contributed by atoms with van der Waals surface area (Å²) in [5.74, 6) is 0.923. The summed E-state index contributed by atoms with van der Waals surface area (Å²) in [6, 6.07) is 7.50. The van der Waals surface area contributed by atoms with Crippen LogP contribution in [0.1, 0.15) is 13.8 Å². The van der Waals surface area contributed by atoms with Crippen molar-refractivity contribution in [2.45, 2.75) is 19.9 Å². The molecule has 0 aliphatic carbocycles. The van der Waals surface area contributed by atoms with Crippen LogP contribution in [0.4, 0.5) is 0 Å². The fourth-order valence-corrected chi connectivity index (χ4v) is 3.37. The van der Waals surface area contributed by atoms with Gasteiger partial charge in [0.15, 0.2) is 13.1 Å². The normalized spacial score (nSPS) is 16.1. The number of nitrogens with one attached hydrogen (secondary N) is 3. The highest BCUT2D eigenvalue weighted by Gasteiger charge is 2.26. The Bertz CT molecular complexity index is 631. The largest absolute Gasteiger partial charge is 0.488 e. The molecular weight excluding hydrogens is 380 g/mol. The summed E-state index contributed by atoms with van der Waals surface area (Å²) < 4.78 is 5.75. The monoisotopic (exact) mass is 412 g/mol. The molecule has 1 atom stereocenters. The Morgan fingerprint density at radius 2 is 1.86 bits per heavy atom. The fraction of sp³-hybridized carbons (Fsp3) is 0.600. The SMILES string of the molecule is CC(C)NC(=O)C[NH+](C)CC(=O)N1CC[NH+](CCOc2ccc(Cl)cc2)CC1. The summed E-state index contributed by atoms with van der Waals surface area (Å²) in [6.45, 7) is 9.42. The number of hydrogen-bond acceptors (Lipinski definition) is 3. The highest BCUT2D eigenvalue weighted by Crippen LogP contribution is 2.14. The third kappa shape index (κ3) is 8.04. The second kappa shape index (κ2) is 11.2. The third-order valence-electron chi connectivity index (χ3n) is 4.73. The van der Waals surface area contributed by atoms with Crippen LogP contribution in [-0.2, 0) is 9.59 Å². The number of rotatable bonds is 9. The zero-order valence-corrected chi connectivity index (χ0v) is 17.8. The van der Waals surface area contributed by atoms with Crippen LogP contribution < -0.4 is 19.9 Å². The molecule has 1 aliphatic heterocycles. The van der Waals surface area contributed by atoms with Crippen molar-refractivity contribution in [2.75, 3.05) is 59.5 Å². The molecule has 1 fully saturated rings. The minimum Gasteiger partial charge on any atom is -0.488 e. The number of likely N-dealkylation sites (N-methyl/N-ethyl adjacent to an activating group) is 1. The molecule has 0 bridgehead atoms. The van der Waals surface area contributed by atoms with Gasteiger partial charge in [-0.1, -0.05) is 11.6 Å². The number of ether oxygens (including phenoxy) is 1. The molecular formula is C20H33ClN4O3+2. The number of hydrogen-bond donors (Lipinski definition) is 3. The molecule has 1 aromatic rings. The Labute approximate surface area is 172 Å². The molecule has 1 saturated heterocycles. The van der Waals surface area contributed by atoms with Gasteiger partial charge < -0.3 is 24.8 Å². The predicted octanol–water partition coefficient (Wildman–Crippen LogP) is -1.51. The maximum atomic E-state index is 12.5. The van der Waals surface area contributed by atoms with Crippen LogP contribution in [0.2, 0.25) is 5.02 Å². The van der Waals surface area contributed by atoms with Gasteiger partial charge in [-0.2, -0.15) is 0 Å². The molecule has 8 heteroatoms. The molecule has 1 unspecified atom stereocenters. The van der Waals surface area contributed by atoms with Crippen molar-refractivity contribution in [1.29, 1.82) is 0 Å². The molecule has 2 amide bonds. The number of carbonyl (C=O) groups is 2. The standard InChI is InChI=1S/C20H31ClN4O3/c1-16(2)22-19(26)14-23(3)15-20(27)25-10-8-24(9-11-25)12-13-28-18-6-4-17(21)5-7-18/h4-7,16H,8-15H2,1-3H3,(H,22,26)/p+2. The summed E-state index contributed by atoms with van der Waals surface area (Å²) in [7, 11) is 1.88. The van der Waals surface area contributed by atoms with Crippen molar-refractivity contribution >= 4 is 23.4 Å². The topological polar surface area (TPSA) is 67.5 Å². The van der Waals surface area contributed by atoms with E-state index in [0.717, 1.165) is 43.4 Å². The zero-order valence-electron chi connectivity index (χ0n) is 17.1. The maximum Gasteiger partial charge on any atom is 0.278 e. The minimum atomic E-state index is -0.0183. The lowest BCUT2D eigenvalue weighted by molar-refractivity contribution is -0.904. The number of carbonyl (C=O) groups excluding carboxylic acids is 2. The number of quaternary nitrogens is 2. The first-order valence-electron chi connectivity index (χ1n) is 9.94. The Hall–Kier alpha value is -1.83. The van der Waals surface area contributed by atoms with Gasteiger partial charge in [0, 0.05) is 11.1 Å².